The van der Waals surface area contributed by atoms with Gasteiger partial charge in [-0.15, -0.1) is 0 Å². The highest BCUT2D eigenvalue weighted by molar-refractivity contribution is 5.89. The summed E-state index contributed by atoms with van der Waals surface area (Å²) in [5.74, 6) is 0. The van der Waals surface area contributed by atoms with Gasteiger partial charge in [0.05, 0.1) is 12.6 Å². The second-order valence-electron chi connectivity index (χ2n) is 3.64. The van der Waals surface area contributed by atoms with Crippen molar-refractivity contribution in [3.05, 3.63) is 24.0 Å². The highest BCUT2D eigenvalue weighted by Gasteiger charge is 2.06. The van der Waals surface area contributed by atoms with Crippen molar-refractivity contribution < 1.29 is 9.53 Å². The molecule has 2 amide bonds. The molecule has 0 fully saturated rings. The minimum absolute atomic E-state index is 0.0204. The van der Waals surface area contributed by atoms with E-state index in [9.17, 15) is 4.79 Å². The fourth-order valence-electron chi connectivity index (χ4n) is 1.31. The number of hydrogen-bond acceptors (Lipinski definition) is 3. The Kier molecular flexibility index (Phi) is 4.72. The molecule has 16 heavy (non-hydrogen) atoms. The average molecular weight is 223 g/mol. The summed E-state index contributed by atoms with van der Waals surface area (Å²) in [6.07, 6.45) is 1.66. The van der Waals surface area contributed by atoms with Gasteiger partial charge in [0.15, 0.2) is 0 Å². The monoisotopic (exact) mass is 223 g/mol. The van der Waals surface area contributed by atoms with Crippen molar-refractivity contribution >= 4 is 11.7 Å². The molecule has 0 aliphatic heterocycles. The van der Waals surface area contributed by atoms with Crippen molar-refractivity contribution in [2.75, 3.05) is 19.0 Å². The number of nitrogens with zero attached hydrogens (tertiary/aromatic N) is 1. The van der Waals surface area contributed by atoms with Gasteiger partial charge in [-0.05, 0) is 26.0 Å². The van der Waals surface area contributed by atoms with E-state index in [0.717, 1.165) is 11.4 Å². The third-order valence-corrected chi connectivity index (χ3v) is 1.95. The molecule has 2 N–H and O–H groups in total. The van der Waals surface area contributed by atoms with Crippen LogP contribution in [-0.4, -0.2) is 30.8 Å². The molecule has 5 heteroatoms. The SMILES string of the molecule is COC[C@H](C)NC(=O)Nc1ccnc(C)c1. The zero-order valence-electron chi connectivity index (χ0n) is 9.78. The quantitative estimate of drug-likeness (QED) is 0.814. The van der Waals surface area contributed by atoms with Crippen LogP contribution in [-0.2, 0) is 4.74 Å². The molecular weight excluding hydrogens is 206 g/mol. The maximum Gasteiger partial charge on any atom is 0.319 e. The predicted octanol–water partition coefficient (Wildman–Crippen LogP) is 1.55. The number of aromatic nitrogens is 1. The minimum Gasteiger partial charge on any atom is -0.383 e. The van der Waals surface area contributed by atoms with E-state index in [4.69, 9.17) is 4.74 Å². The summed E-state index contributed by atoms with van der Waals surface area (Å²) in [6.45, 7) is 4.24. The Labute approximate surface area is 95.2 Å². The highest BCUT2D eigenvalue weighted by Crippen LogP contribution is 2.06. The lowest BCUT2D eigenvalue weighted by Crippen LogP contribution is -2.38. The molecular formula is C11H17N3O2. The maximum absolute atomic E-state index is 11.5. The number of carbonyl (C=O) groups excluding carboxylic acids is 1. The number of rotatable bonds is 4. The van der Waals surface area contributed by atoms with Crippen LogP contribution in [0.4, 0.5) is 10.5 Å². The summed E-state index contributed by atoms with van der Waals surface area (Å²) in [7, 11) is 1.60. The molecule has 0 radical (unpaired) electrons. The molecule has 0 saturated carbocycles. The third-order valence-electron chi connectivity index (χ3n) is 1.95. The van der Waals surface area contributed by atoms with Gasteiger partial charge in [0.2, 0.25) is 0 Å². The molecule has 0 aliphatic rings. The van der Waals surface area contributed by atoms with Crippen molar-refractivity contribution in [2.45, 2.75) is 19.9 Å². The van der Waals surface area contributed by atoms with Gasteiger partial charge in [0.1, 0.15) is 0 Å². The second kappa shape index (κ2) is 6.07. The van der Waals surface area contributed by atoms with Crippen LogP contribution in [0.1, 0.15) is 12.6 Å². The largest absolute Gasteiger partial charge is 0.383 e. The number of anilines is 1. The Morgan fingerprint density at radius 1 is 1.62 bits per heavy atom. The molecule has 1 heterocycles. The highest BCUT2D eigenvalue weighted by atomic mass is 16.5. The molecule has 1 aromatic heterocycles. The number of carbonyl (C=O) groups is 1. The minimum atomic E-state index is -0.241. The van der Waals surface area contributed by atoms with Gasteiger partial charge in [-0.25, -0.2) is 4.79 Å². The van der Waals surface area contributed by atoms with E-state index in [1.54, 1.807) is 25.4 Å². The summed E-state index contributed by atoms with van der Waals surface area (Å²) >= 11 is 0. The lowest BCUT2D eigenvalue weighted by Gasteiger charge is -2.13. The van der Waals surface area contributed by atoms with E-state index in [0.29, 0.717) is 6.61 Å². The van der Waals surface area contributed by atoms with Crippen LogP contribution in [0.3, 0.4) is 0 Å². The molecule has 1 atom stereocenters. The summed E-state index contributed by atoms with van der Waals surface area (Å²) in [6, 6.07) is 3.29. The van der Waals surface area contributed by atoms with Crippen LogP contribution in [0.2, 0.25) is 0 Å². The molecule has 0 bridgehead atoms. The second-order valence-corrected chi connectivity index (χ2v) is 3.64. The number of amides is 2. The number of aryl methyl sites for hydroxylation is 1. The van der Waals surface area contributed by atoms with Crippen LogP contribution >= 0.6 is 0 Å². The molecule has 1 aromatic rings. The molecule has 5 nitrogen and oxygen atoms in total. The van der Waals surface area contributed by atoms with Crippen LogP contribution in [0.15, 0.2) is 18.3 Å². The molecule has 88 valence electrons. The summed E-state index contributed by atoms with van der Waals surface area (Å²) < 4.78 is 4.92. The van der Waals surface area contributed by atoms with Gasteiger partial charge in [-0.1, -0.05) is 0 Å². The topological polar surface area (TPSA) is 63.2 Å². The summed E-state index contributed by atoms with van der Waals surface area (Å²) in [4.78, 5) is 15.6. The number of hydrogen-bond donors (Lipinski definition) is 2. The number of pyridine rings is 1. The van der Waals surface area contributed by atoms with Gasteiger partial charge in [0.25, 0.3) is 0 Å². The first kappa shape index (κ1) is 12.4. The van der Waals surface area contributed by atoms with E-state index in [-0.39, 0.29) is 12.1 Å². The normalized spacial score (nSPS) is 11.9. The van der Waals surface area contributed by atoms with Crippen molar-refractivity contribution in [2.24, 2.45) is 0 Å². The van der Waals surface area contributed by atoms with Gasteiger partial charge in [-0.2, -0.15) is 0 Å². The summed E-state index contributed by atoms with van der Waals surface area (Å²) in [5.41, 5.74) is 1.59. The standard InChI is InChI=1S/C11H17N3O2/c1-8-6-10(4-5-12-8)14-11(15)13-9(2)7-16-3/h4-6,9H,7H2,1-3H3,(H2,12,13,14,15)/t9-/m0/s1. The molecule has 0 unspecified atom stereocenters. The van der Waals surface area contributed by atoms with Crippen molar-refractivity contribution in [3.63, 3.8) is 0 Å². The van der Waals surface area contributed by atoms with E-state index < -0.39 is 0 Å². The lowest BCUT2D eigenvalue weighted by atomic mass is 10.3. The predicted molar refractivity (Wildman–Crippen MR) is 62.5 cm³/mol. The third kappa shape index (κ3) is 4.27. The first-order valence-corrected chi connectivity index (χ1v) is 5.11. The van der Waals surface area contributed by atoms with Crippen LogP contribution < -0.4 is 10.6 Å². The van der Waals surface area contributed by atoms with E-state index in [1.807, 2.05) is 13.8 Å². The van der Waals surface area contributed by atoms with Crippen LogP contribution in [0.25, 0.3) is 0 Å². The molecule has 0 spiro atoms. The van der Waals surface area contributed by atoms with Crippen molar-refractivity contribution in [1.82, 2.24) is 10.3 Å². The smallest absolute Gasteiger partial charge is 0.319 e. The van der Waals surface area contributed by atoms with Crippen LogP contribution in [0.5, 0.6) is 0 Å². The van der Waals surface area contributed by atoms with Gasteiger partial charge < -0.3 is 15.4 Å². The first-order valence-electron chi connectivity index (χ1n) is 5.11. The maximum atomic E-state index is 11.5. The van der Waals surface area contributed by atoms with Crippen LogP contribution in [0, 0.1) is 6.92 Å². The van der Waals surface area contributed by atoms with Crippen molar-refractivity contribution in [3.8, 4) is 0 Å². The van der Waals surface area contributed by atoms with Gasteiger partial charge in [0, 0.05) is 24.7 Å². The fraction of sp³-hybridized carbons (Fsp3) is 0.455. The van der Waals surface area contributed by atoms with E-state index in [2.05, 4.69) is 15.6 Å². The Morgan fingerprint density at radius 3 is 3.00 bits per heavy atom. The zero-order valence-corrected chi connectivity index (χ0v) is 9.78. The van der Waals surface area contributed by atoms with Crippen molar-refractivity contribution in [1.29, 1.82) is 0 Å². The Hall–Kier alpha value is -1.62. The summed E-state index contributed by atoms with van der Waals surface area (Å²) in [5, 5.41) is 5.48. The molecule has 0 saturated heterocycles. The average Bonchev–Trinajstić information content (AvgIpc) is 2.17. The molecule has 0 aliphatic carbocycles. The molecule has 1 rings (SSSR count). The number of nitrogens with one attached hydrogen (secondary N) is 2. The number of methoxy groups -OCH3 is 1. The zero-order chi connectivity index (χ0) is 12.0. The molecule has 0 aromatic carbocycles. The lowest BCUT2D eigenvalue weighted by molar-refractivity contribution is 0.173. The Balaban J connectivity index is 2.45. The first-order chi connectivity index (χ1) is 7.61. The fourth-order valence-corrected chi connectivity index (χ4v) is 1.31. The van der Waals surface area contributed by atoms with E-state index in [1.165, 1.54) is 0 Å². The number of urea groups is 1. The van der Waals surface area contributed by atoms with Gasteiger partial charge >= 0.3 is 6.03 Å². The Morgan fingerprint density at radius 2 is 2.38 bits per heavy atom. The number of ether oxygens (including phenoxy) is 1. The van der Waals surface area contributed by atoms with Gasteiger partial charge in [-0.3, -0.25) is 4.98 Å². The Bertz CT molecular complexity index is 355. The van der Waals surface area contributed by atoms with E-state index >= 15 is 0 Å².